The van der Waals surface area contributed by atoms with Crippen LogP contribution in [-0.4, -0.2) is 46.4 Å². The highest BCUT2D eigenvalue weighted by atomic mass is 16.5. The van der Waals surface area contributed by atoms with E-state index < -0.39 is 6.10 Å². The molecular formula is C16H26N2O2. The van der Waals surface area contributed by atoms with Gasteiger partial charge in [0.05, 0.1) is 18.3 Å². The largest absolute Gasteiger partial charge is 0.389 e. The summed E-state index contributed by atoms with van der Waals surface area (Å²) in [5.41, 5.74) is 1.10. The van der Waals surface area contributed by atoms with Crippen molar-refractivity contribution >= 4 is 0 Å². The third-order valence-electron chi connectivity index (χ3n) is 3.61. The van der Waals surface area contributed by atoms with Gasteiger partial charge in [-0.05, 0) is 57.9 Å². The molecule has 1 aliphatic rings. The molecule has 0 bridgehead atoms. The molecule has 1 N–H and O–H groups in total. The van der Waals surface area contributed by atoms with Crippen LogP contribution < -0.4 is 0 Å². The SMILES string of the molecule is CC(C)(C)OCC(O)CN1CCCC1c1ccncc1. The van der Waals surface area contributed by atoms with E-state index in [1.807, 2.05) is 33.2 Å². The number of likely N-dealkylation sites (tertiary alicyclic amines) is 1. The van der Waals surface area contributed by atoms with Crippen molar-refractivity contribution in [1.82, 2.24) is 9.88 Å². The molecule has 0 radical (unpaired) electrons. The Kier molecular flexibility index (Phi) is 5.13. The fourth-order valence-corrected chi connectivity index (χ4v) is 2.68. The summed E-state index contributed by atoms with van der Waals surface area (Å²) < 4.78 is 5.66. The zero-order valence-electron chi connectivity index (χ0n) is 12.7. The van der Waals surface area contributed by atoms with E-state index in [0.717, 1.165) is 13.0 Å². The highest BCUT2D eigenvalue weighted by Crippen LogP contribution is 2.31. The van der Waals surface area contributed by atoms with Crippen molar-refractivity contribution in [3.63, 3.8) is 0 Å². The number of aromatic nitrogens is 1. The average molecular weight is 278 g/mol. The summed E-state index contributed by atoms with van der Waals surface area (Å²) in [5, 5.41) is 10.2. The van der Waals surface area contributed by atoms with Crippen LogP contribution in [0.15, 0.2) is 24.5 Å². The number of nitrogens with zero attached hydrogens (tertiary/aromatic N) is 2. The second-order valence-corrected chi connectivity index (χ2v) is 6.51. The van der Waals surface area contributed by atoms with Crippen molar-refractivity contribution in [2.24, 2.45) is 0 Å². The van der Waals surface area contributed by atoms with E-state index in [0.29, 0.717) is 19.2 Å². The van der Waals surface area contributed by atoms with Crippen molar-refractivity contribution in [2.45, 2.75) is 51.4 Å². The second kappa shape index (κ2) is 6.66. The third-order valence-corrected chi connectivity index (χ3v) is 3.61. The van der Waals surface area contributed by atoms with Crippen molar-refractivity contribution in [3.8, 4) is 0 Å². The smallest absolute Gasteiger partial charge is 0.0900 e. The molecule has 0 spiro atoms. The molecule has 0 amide bonds. The maximum absolute atomic E-state index is 10.2. The van der Waals surface area contributed by atoms with Gasteiger partial charge >= 0.3 is 0 Å². The number of β-amino-alcohol motifs (C(OH)–C–C–N with tert-alkyl or cyclic N) is 1. The summed E-state index contributed by atoms with van der Waals surface area (Å²) in [5.74, 6) is 0. The van der Waals surface area contributed by atoms with Crippen LogP contribution in [0.5, 0.6) is 0 Å². The number of pyridine rings is 1. The van der Waals surface area contributed by atoms with E-state index in [2.05, 4.69) is 22.0 Å². The van der Waals surface area contributed by atoms with Gasteiger partial charge in [0, 0.05) is 25.0 Å². The standard InChI is InChI=1S/C16H26N2O2/c1-16(2,3)20-12-14(19)11-18-10-4-5-15(18)13-6-8-17-9-7-13/h6-9,14-15,19H,4-5,10-12H2,1-3H3. The van der Waals surface area contributed by atoms with E-state index in [9.17, 15) is 5.11 Å². The fraction of sp³-hybridized carbons (Fsp3) is 0.688. The highest BCUT2D eigenvalue weighted by Gasteiger charge is 2.27. The Morgan fingerprint density at radius 1 is 1.40 bits per heavy atom. The molecule has 1 aromatic rings. The molecule has 2 atom stereocenters. The first kappa shape index (κ1) is 15.4. The first-order chi connectivity index (χ1) is 9.46. The number of hydrogen-bond acceptors (Lipinski definition) is 4. The molecule has 1 fully saturated rings. The van der Waals surface area contributed by atoms with Crippen molar-refractivity contribution < 1.29 is 9.84 Å². The summed E-state index contributed by atoms with van der Waals surface area (Å²) in [6.07, 6.45) is 5.57. The van der Waals surface area contributed by atoms with Crippen LogP contribution >= 0.6 is 0 Å². The molecule has 112 valence electrons. The molecule has 2 heterocycles. The van der Waals surface area contributed by atoms with Gasteiger partial charge in [0.1, 0.15) is 0 Å². The van der Waals surface area contributed by atoms with Crippen LogP contribution in [0.1, 0.15) is 45.2 Å². The van der Waals surface area contributed by atoms with Gasteiger partial charge < -0.3 is 9.84 Å². The molecule has 2 rings (SSSR count). The maximum atomic E-state index is 10.2. The molecule has 1 aliphatic heterocycles. The first-order valence-corrected chi connectivity index (χ1v) is 7.42. The third kappa shape index (κ3) is 4.54. The average Bonchev–Trinajstić information content (AvgIpc) is 2.85. The number of hydrogen-bond donors (Lipinski definition) is 1. The van der Waals surface area contributed by atoms with Crippen molar-refractivity contribution in [1.29, 1.82) is 0 Å². The Bertz CT molecular complexity index is 403. The van der Waals surface area contributed by atoms with Gasteiger partial charge in [-0.3, -0.25) is 9.88 Å². The number of ether oxygens (including phenoxy) is 1. The van der Waals surface area contributed by atoms with E-state index >= 15 is 0 Å². The monoisotopic (exact) mass is 278 g/mol. The van der Waals surface area contributed by atoms with Gasteiger partial charge in [0.15, 0.2) is 0 Å². The quantitative estimate of drug-likeness (QED) is 0.898. The van der Waals surface area contributed by atoms with E-state index in [-0.39, 0.29) is 5.60 Å². The highest BCUT2D eigenvalue weighted by molar-refractivity contribution is 5.16. The zero-order chi connectivity index (χ0) is 14.6. The number of rotatable bonds is 5. The van der Waals surface area contributed by atoms with Crippen LogP contribution in [-0.2, 0) is 4.74 Å². The predicted octanol–water partition coefficient (Wildman–Crippen LogP) is 2.39. The van der Waals surface area contributed by atoms with Crippen LogP contribution in [0.3, 0.4) is 0 Å². The first-order valence-electron chi connectivity index (χ1n) is 7.42. The number of aliphatic hydroxyl groups is 1. The molecule has 0 saturated carbocycles. The lowest BCUT2D eigenvalue weighted by atomic mass is 10.1. The Hall–Kier alpha value is -0.970. The van der Waals surface area contributed by atoms with Gasteiger partial charge in [0.2, 0.25) is 0 Å². The molecule has 1 aromatic heterocycles. The normalized spacial score (nSPS) is 22.1. The molecule has 1 saturated heterocycles. The number of aliphatic hydroxyl groups excluding tert-OH is 1. The van der Waals surface area contributed by atoms with E-state index in [1.165, 1.54) is 12.0 Å². The lowest BCUT2D eigenvalue weighted by molar-refractivity contribution is -0.0569. The van der Waals surface area contributed by atoms with Gasteiger partial charge in [-0.25, -0.2) is 0 Å². The molecule has 4 nitrogen and oxygen atoms in total. The van der Waals surface area contributed by atoms with E-state index in [1.54, 1.807) is 0 Å². The Morgan fingerprint density at radius 3 is 2.75 bits per heavy atom. The van der Waals surface area contributed by atoms with Gasteiger partial charge in [0.25, 0.3) is 0 Å². The fourth-order valence-electron chi connectivity index (χ4n) is 2.68. The Morgan fingerprint density at radius 2 is 2.10 bits per heavy atom. The van der Waals surface area contributed by atoms with Crippen LogP contribution in [0.2, 0.25) is 0 Å². The minimum Gasteiger partial charge on any atom is -0.389 e. The van der Waals surface area contributed by atoms with Crippen molar-refractivity contribution in [2.75, 3.05) is 19.7 Å². The summed E-state index contributed by atoms with van der Waals surface area (Å²) in [4.78, 5) is 6.42. The van der Waals surface area contributed by atoms with Crippen molar-refractivity contribution in [3.05, 3.63) is 30.1 Å². The van der Waals surface area contributed by atoms with Gasteiger partial charge in [-0.1, -0.05) is 0 Å². The molecule has 20 heavy (non-hydrogen) atoms. The Labute approximate surface area is 121 Å². The lowest BCUT2D eigenvalue weighted by Gasteiger charge is -2.28. The molecule has 2 unspecified atom stereocenters. The molecule has 0 aliphatic carbocycles. The predicted molar refractivity (Wildman–Crippen MR) is 79.5 cm³/mol. The molecule has 4 heteroatoms. The summed E-state index contributed by atoms with van der Waals surface area (Å²) in [6, 6.07) is 4.55. The van der Waals surface area contributed by atoms with E-state index in [4.69, 9.17) is 4.74 Å². The summed E-state index contributed by atoms with van der Waals surface area (Å²) in [7, 11) is 0. The van der Waals surface area contributed by atoms with Gasteiger partial charge in [-0.15, -0.1) is 0 Å². The lowest BCUT2D eigenvalue weighted by Crippen LogP contribution is -2.36. The minimum atomic E-state index is -0.434. The molecular weight excluding hydrogens is 252 g/mol. The van der Waals surface area contributed by atoms with Gasteiger partial charge in [-0.2, -0.15) is 0 Å². The minimum absolute atomic E-state index is 0.198. The molecule has 0 aromatic carbocycles. The Balaban J connectivity index is 1.88. The second-order valence-electron chi connectivity index (χ2n) is 6.51. The summed E-state index contributed by atoms with van der Waals surface area (Å²) >= 11 is 0. The maximum Gasteiger partial charge on any atom is 0.0900 e. The topological polar surface area (TPSA) is 45.6 Å². The summed E-state index contributed by atoms with van der Waals surface area (Å²) in [6.45, 7) is 8.13. The van der Waals surface area contributed by atoms with Crippen LogP contribution in [0.25, 0.3) is 0 Å². The van der Waals surface area contributed by atoms with Crippen LogP contribution in [0.4, 0.5) is 0 Å². The zero-order valence-corrected chi connectivity index (χ0v) is 12.7. The van der Waals surface area contributed by atoms with Crippen LogP contribution in [0, 0.1) is 0 Å².